The van der Waals surface area contributed by atoms with Gasteiger partial charge >= 0.3 is 5.97 Å². The van der Waals surface area contributed by atoms with Gasteiger partial charge in [0.05, 0.1) is 21.3 Å². The minimum absolute atomic E-state index is 0.0927. The molecule has 1 aliphatic rings. The molecule has 0 aliphatic carbocycles. The van der Waals surface area contributed by atoms with Crippen molar-refractivity contribution in [3.05, 3.63) is 33.6 Å². The van der Waals surface area contributed by atoms with E-state index in [4.69, 9.17) is 5.11 Å². The van der Waals surface area contributed by atoms with Crippen LogP contribution in [0.5, 0.6) is 0 Å². The highest BCUT2D eigenvalue weighted by molar-refractivity contribution is 7.89. The summed E-state index contributed by atoms with van der Waals surface area (Å²) < 4.78 is 39.8. The maximum atomic E-state index is 13.8. The third kappa shape index (κ3) is 3.32. The summed E-state index contributed by atoms with van der Waals surface area (Å²) in [5, 5.41) is 19.9. The third-order valence-corrected chi connectivity index (χ3v) is 5.70. The molecule has 1 N–H and O–H groups in total. The summed E-state index contributed by atoms with van der Waals surface area (Å²) in [6.07, 6.45) is 0.705. The second kappa shape index (κ2) is 6.20. The molecular formula is C13H15FN2O6S. The molecule has 0 amide bonds. The van der Waals surface area contributed by atoms with Gasteiger partial charge in [-0.05, 0) is 25.8 Å². The average Bonchev–Trinajstić information content (AvgIpc) is 2.49. The van der Waals surface area contributed by atoms with Crippen molar-refractivity contribution in [1.29, 1.82) is 0 Å². The first-order valence-electron chi connectivity index (χ1n) is 6.82. The quantitative estimate of drug-likeness (QED) is 0.652. The number of carbonyl (C=O) groups is 1. The van der Waals surface area contributed by atoms with Crippen molar-refractivity contribution in [2.45, 2.75) is 24.7 Å². The summed E-state index contributed by atoms with van der Waals surface area (Å²) in [5.74, 6) is -2.95. The van der Waals surface area contributed by atoms with Gasteiger partial charge < -0.3 is 5.11 Å². The minimum atomic E-state index is -4.20. The number of piperidine rings is 1. The number of hydrogen-bond donors (Lipinski definition) is 1. The van der Waals surface area contributed by atoms with Crippen molar-refractivity contribution >= 4 is 21.7 Å². The number of sulfonamides is 1. The number of halogens is 1. The summed E-state index contributed by atoms with van der Waals surface area (Å²) in [6.45, 7) is 1.04. The van der Waals surface area contributed by atoms with E-state index < -0.39 is 43.2 Å². The van der Waals surface area contributed by atoms with E-state index in [2.05, 4.69) is 0 Å². The van der Waals surface area contributed by atoms with Crippen LogP contribution in [0.25, 0.3) is 0 Å². The Balaban J connectivity index is 2.44. The van der Waals surface area contributed by atoms with Crippen molar-refractivity contribution in [3.8, 4) is 0 Å². The number of carboxylic acid groups (broad SMARTS) is 1. The fourth-order valence-corrected chi connectivity index (χ4v) is 4.05. The zero-order valence-corrected chi connectivity index (χ0v) is 13.0. The van der Waals surface area contributed by atoms with Crippen molar-refractivity contribution in [1.82, 2.24) is 4.31 Å². The number of aliphatic carboxylic acids is 1. The zero-order chi connectivity index (χ0) is 17.4. The Hall–Kier alpha value is -2.07. The Bertz CT molecular complexity index is 764. The lowest BCUT2D eigenvalue weighted by molar-refractivity contribution is -0.385. The summed E-state index contributed by atoms with van der Waals surface area (Å²) in [6, 6.07) is 1.53. The molecule has 126 valence electrons. The van der Waals surface area contributed by atoms with E-state index in [0.717, 1.165) is 16.4 Å². The molecule has 1 aromatic carbocycles. The molecule has 8 nitrogen and oxygen atoms in total. The Morgan fingerprint density at radius 2 is 2.13 bits per heavy atom. The lowest BCUT2D eigenvalue weighted by Gasteiger charge is -2.29. The molecule has 10 heteroatoms. The maximum absolute atomic E-state index is 13.8. The van der Waals surface area contributed by atoms with Gasteiger partial charge in [0, 0.05) is 19.2 Å². The maximum Gasteiger partial charge on any atom is 0.307 e. The highest BCUT2D eigenvalue weighted by Gasteiger charge is 2.34. The van der Waals surface area contributed by atoms with Gasteiger partial charge in [-0.1, -0.05) is 0 Å². The van der Waals surface area contributed by atoms with E-state index in [-0.39, 0.29) is 18.7 Å². The molecule has 1 fully saturated rings. The van der Waals surface area contributed by atoms with E-state index in [1.807, 2.05) is 0 Å². The first-order chi connectivity index (χ1) is 10.6. The summed E-state index contributed by atoms with van der Waals surface area (Å²) >= 11 is 0. The molecule has 0 aromatic heterocycles. The Kier molecular flexibility index (Phi) is 4.66. The Labute approximate surface area is 131 Å². The molecular weight excluding hydrogens is 331 g/mol. The van der Waals surface area contributed by atoms with Crippen molar-refractivity contribution < 1.29 is 27.6 Å². The van der Waals surface area contributed by atoms with Crippen molar-refractivity contribution in [2.75, 3.05) is 13.1 Å². The van der Waals surface area contributed by atoms with Crippen LogP contribution >= 0.6 is 0 Å². The highest BCUT2D eigenvalue weighted by atomic mass is 32.2. The van der Waals surface area contributed by atoms with Crippen LogP contribution in [0.15, 0.2) is 17.0 Å². The normalized spacial score (nSPS) is 19.5. The molecule has 0 radical (unpaired) electrons. The molecule has 0 saturated carbocycles. The molecule has 1 unspecified atom stereocenters. The number of benzene rings is 1. The monoisotopic (exact) mass is 346 g/mol. The fourth-order valence-electron chi connectivity index (χ4n) is 2.49. The van der Waals surface area contributed by atoms with Gasteiger partial charge in [0.25, 0.3) is 5.69 Å². The lowest BCUT2D eigenvalue weighted by Crippen LogP contribution is -2.42. The van der Waals surface area contributed by atoms with Crippen LogP contribution in [0.1, 0.15) is 18.4 Å². The molecule has 1 saturated heterocycles. The largest absolute Gasteiger partial charge is 0.481 e. The predicted octanol–water partition coefficient (Wildman–Crippen LogP) is 1.53. The van der Waals surface area contributed by atoms with Crippen LogP contribution in [0.4, 0.5) is 10.1 Å². The summed E-state index contributed by atoms with van der Waals surface area (Å²) in [7, 11) is -4.20. The van der Waals surface area contributed by atoms with E-state index in [0.29, 0.717) is 12.8 Å². The molecule has 1 atom stereocenters. The molecule has 1 aliphatic heterocycles. The Morgan fingerprint density at radius 1 is 1.48 bits per heavy atom. The number of nitro benzene ring substituents is 1. The number of nitrogens with zero attached hydrogens (tertiary/aromatic N) is 2. The molecule has 0 bridgehead atoms. The number of carboxylic acids is 1. The van der Waals surface area contributed by atoms with Crippen LogP contribution in [-0.4, -0.2) is 41.8 Å². The summed E-state index contributed by atoms with van der Waals surface area (Å²) in [4.78, 5) is 20.6. The topological polar surface area (TPSA) is 118 Å². The molecule has 1 heterocycles. The lowest BCUT2D eigenvalue weighted by atomic mass is 10.0. The van der Waals surface area contributed by atoms with Crippen LogP contribution in [0.3, 0.4) is 0 Å². The predicted molar refractivity (Wildman–Crippen MR) is 76.9 cm³/mol. The fraction of sp³-hybridized carbons (Fsp3) is 0.462. The molecule has 23 heavy (non-hydrogen) atoms. The van der Waals surface area contributed by atoms with E-state index >= 15 is 0 Å². The molecule has 2 rings (SSSR count). The average molecular weight is 346 g/mol. The molecule has 1 aromatic rings. The highest BCUT2D eigenvalue weighted by Crippen LogP contribution is 2.29. The van der Waals surface area contributed by atoms with Gasteiger partial charge in [0.1, 0.15) is 5.82 Å². The van der Waals surface area contributed by atoms with Crippen LogP contribution in [-0.2, 0) is 14.8 Å². The first-order valence-corrected chi connectivity index (χ1v) is 8.26. The van der Waals surface area contributed by atoms with Gasteiger partial charge in [-0.15, -0.1) is 0 Å². The van der Waals surface area contributed by atoms with Crippen LogP contribution < -0.4 is 0 Å². The van der Waals surface area contributed by atoms with Gasteiger partial charge in [0.15, 0.2) is 0 Å². The summed E-state index contributed by atoms with van der Waals surface area (Å²) in [5.41, 5.74) is -0.883. The van der Waals surface area contributed by atoms with Crippen LogP contribution in [0, 0.1) is 28.8 Å². The second-order valence-electron chi connectivity index (χ2n) is 5.35. The Morgan fingerprint density at radius 3 is 2.70 bits per heavy atom. The zero-order valence-electron chi connectivity index (χ0n) is 12.2. The number of nitro groups is 1. The van der Waals surface area contributed by atoms with Gasteiger partial charge in [-0.25, -0.2) is 12.8 Å². The SMILES string of the molecule is Cc1c(F)cc(S(=O)(=O)N2CCCC(C(=O)O)C2)cc1[N+](=O)[O-]. The number of hydrogen-bond acceptors (Lipinski definition) is 5. The van der Waals surface area contributed by atoms with Gasteiger partial charge in [-0.3, -0.25) is 14.9 Å². The van der Waals surface area contributed by atoms with Crippen LogP contribution in [0.2, 0.25) is 0 Å². The smallest absolute Gasteiger partial charge is 0.307 e. The second-order valence-corrected chi connectivity index (χ2v) is 7.28. The van der Waals surface area contributed by atoms with Crippen molar-refractivity contribution in [3.63, 3.8) is 0 Å². The molecule has 0 spiro atoms. The third-order valence-electron chi connectivity index (χ3n) is 3.86. The van der Waals surface area contributed by atoms with Crippen molar-refractivity contribution in [2.24, 2.45) is 5.92 Å². The van der Waals surface area contributed by atoms with E-state index in [1.165, 1.54) is 6.92 Å². The van der Waals surface area contributed by atoms with Gasteiger partial charge in [-0.2, -0.15) is 4.31 Å². The standard InChI is InChI=1S/C13H15FN2O6S/c1-8-11(14)5-10(6-12(8)16(19)20)23(21,22)15-4-2-3-9(7-15)13(17)18/h5-6,9H,2-4,7H2,1H3,(H,17,18). The van der Waals surface area contributed by atoms with E-state index in [1.54, 1.807) is 0 Å². The number of rotatable bonds is 4. The van der Waals surface area contributed by atoms with Gasteiger partial charge in [0.2, 0.25) is 10.0 Å². The minimum Gasteiger partial charge on any atom is -0.481 e. The first kappa shape index (κ1) is 17.3. The van der Waals surface area contributed by atoms with E-state index in [9.17, 15) is 27.7 Å².